The van der Waals surface area contributed by atoms with Crippen LogP contribution in [0.25, 0.3) is 0 Å². The Hall–Kier alpha value is -1.63. The molecular weight excluding hydrogens is 650 g/mol. The van der Waals surface area contributed by atoms with E-state index < -0.39 is 0 Å². The minimum Gasteiger partial charge on any atom is -0.462 e. The van der Waals surface area contributed by atoms with Crippen molar-refractivity contribution in [3.8, 4) is 0 Å². The molecule has 0 aromatic heterocycles. The fourth-order valence-corrected chi connectivity index (χ4v) is 7.37. The smallest absolute Gasteiger partial charge is 0.306 e. The molecule has 0 saturated heterocycles. The highest BCUT2D eigenvalue weighted by atomic mass is 16.6. The van der Waals surface area contributed by atoms with E-state index in [1.807, 2.05) is 14.1 Å². The van der Waals surface area contributed by atoms with E-state index >= 15 is 0 Å². The van der Waals surface area contributed by atoms with Gasteiger partial charge in [0.05, 0.1) is 0 Å². The lowest BCUT2D eigenvalue weighted by Crippen LogP contribution is -2.28. The van der Waals surface area contributed by atoms with E-state index in [1.54, 1.807) is 0 Å². The topological polar surface area (TPSA) is 82.1 Å². The second-order valence-corrected chi connectivity index (χ2v) is 17.8. The third-order valence-corrected chi connectivity index (χ3v) is 10.8. The van der Waals surface area contributed by atoms with Crippen LogP contribution in [0.15, 0.2) is 0 Å². The summed E-state index contributed by atoms with van der Waals surface area (Å²) in [5.41, 5.74) is 0. The van der Waals surface area contributed by atoms with Gasteiger partial charge in [0.1, 0.15) is 18.3 Å². The maximum absolute atomic E-state index is 12.6. The van der Waals surface area contributed by atoms with Gasteiger partial charge in [0, 0.05) is 19.3 Å². The van der Waals surface area contributed by atoms with Crippen molar-refractivity contribution in [3.05, 3.63) is 0 Å². The lowest BCUT2D eigenvalue weighted by molar-refractivity contribution is -0.153. The minimum absolute atomic E-state index is 0.0333. The highest BCUT2D eigenvalue weighted by Crippen LogP contribution is 2.27. The summed E-state index contributed by atoms with van der Waals surface area (Å²) >= 11 is 0. The molecule has 0 heterocycles. The Bertz CT molecular complexity index is 842. The molecule has 0 amide bonds. The minimum atomic E-state index is -0.0832. The van der Waals surface area contributed by atoms with E-state index in [1.165, 1.54) is 0 Å². The zero-order valence-electron chi connectivity index (χ0n) is 36.4. The molecule has 7 nitrogen and oxygen atoms in total. The van der Waals surface area contributed by atoms with E-state index in [2.05, 4.69) is 74.1 Å². The molecule has 0 fully saturated rings. The second-order valence-electron chi connectivity index (χ2n) is 17.8. The predicted octanol–water partition coefficient (Wildman–Crippen LogP) is 12.0. The maximum Gasteiger partial charge on any atom is 0.306 e. The van der Waals surface area contributed by atoms with Crippen LogP contribution >= 0.6 is 0 Å². The maximum atomic E-state index is 12.6. The number of hydrogen-bond donors (Lipinski definition) is 0. The molecule has 0 rings (SSSR count). The number of unbranched alkanes of at least 4 members (excludes halogenated alkanes) is 8. The molecule has 0 radical (unpaired) electrons. The van der Waals surface area contributed by atoms with Crippen LogP contribution in [-0.2, 0) is 28.6 Å². The standard InChI is InChI=1S/C45H87NO6/c1-34(2)29-31-41(36(5)6)38(9)50-43(47)26-21-17-13-15-19-24-40(52-45(49)28-23-33-46(11)12)25-20-16-14-18-22-27-44(48)51-39(10)42(37(7)8)32-30-35(3)4/h34-42H,13-33H2,1-12H3. The predicted molar refractivity (Wildman–Crippen MR) is 218 cm³/mol. The van der Waals surface area contributed by atoms with Crippen molar-refractivity contribution >= 4 is 17.9 Å². The van der Waals surface area contributed by atoms with Crippen LogP contribution in [0.3, 0.4) is 0 Å². The number of rotatable bonds is 33. The summed E-state index contributed by atoms with van der Waals surface area (Å²) in [6.07, 6.45) is 18.6. The van der Waals surface area contributed by atoms with Crippen LogP contribution in [-0.4, -0.2) is 61.8 Å². The van der Waals surface area contributed by atoms with Gasteiger partial charge in [0.15, 0.2) is 0 Å². The lowest BCUT2D eigenvalue weighted by atomic mass is 9.85. The molecule has 0 bridgehead atoms. The van der Waals surface area contributed by atoms with Crippen molar-refractivity contribution < 1.29 is 28.6 Å². The van der Waals surface area contributed by atoms with E-state index in [9.17, 15) is 14.4 Å². The Kier molecular flexibility index (Phi) is 29.7. The SMILES string of the molecule is CC(C)CCC(C(C)C)C(C)OC(=O)CCCCCCCC(CCCCCCCC(=O)OC(C)C(CCC(C)C)C(C)C)OC(=O)CCCN(C)C. The average molecular weight is 738 g/mol. The van der Waals surface area contributed by atoms with Gasteiger partial charge in [-0.05, 0) is 128 Å². The molecule has 308 valence electrons. The highest BCUT2D eigenvalue weighted by molar-refractivity contribution is 5.70. The van der Waals surface area contributed by atoms with E-state index in [4.69, 9.17) is 14.2 Å². The Labute approximate surface area is 322 Å². The van der Waals surface area contributed by atoms with Crippen molar-refractivity contribution in [2.75, 3.05) is 20.6 Å². The largest absolute Gasteiger partial charge is 0.462 e. The normalized spacial score (nSPS) is 14.9. The van der Waals surface area contributed by atoms with E-state index in [0.29, 0.717) is 54.8 Å². The second kappa shape index (κ2) is 30.7. The van der Waals surface area contributed by atoms with Gasteiger partial charge in [0.2, 0.25) is 0 Å². The first-order valence-electron chi connectivity index (χ1n) is 21.8. The molecule has 7 heteroatoms. The van der Waals surface area contributed by atoms with Gasteiger partial charge < -0.3 is 19.1 Å². The number of carbonyl (C=O) groups excluding carboxylic acids is 3. The molecule has 0 spiro atoms. The summed E-state index contributed by atoms with van der Waals surface area (Å²) in [6.45, 7) is 22.9. The fourth-order valence-electron chi connectivity index (χ4n) is 7.37. The monoisotopic (exact) mass is 738 g/mol. The number of ether oxygens (including phenoxy) is 3. The van der Waals surface area contributed by atoms with Crippen LogP contribution in [0.1, 0.15) is 198 Å². The summed E-state index contributed by atoms with van der Waals surface area (Å²) < 4.78 is 17.7. The highest BCUT2D eigenvalue weighted by Gasteiger charge is 2.25. The molecule has 0 aliphatic carbocycles. The molecule has 0 aromatic carbocycles. The third kappa shape index (κ3) is 27.9. The molecule has 0 saturated carbocycles. The van der Waals surface area contributed by atoms with Crippen LogP contribution < -0.4 is 0 Å². The van der Waals surface area contributed by atoms with E-state index in [0.717, 1.165) is 116 Å². The quantitative estimate of drug-likeness (QED) is 0.0377. The Morgan fingerprint density at radius 3 is 1.13 bits per heavy atom. The third-order valence-electron chi connectivity index (χ3n) is 10.8. The van der Waals surface area contributed by atoms with Crippen LogP contribution in [0, 0.1) is 35.5 Å². The van der Waals surface area contributed by atoms with Crippen molar-refractivity contribution in [1.29, 1.82) is 0 Å². The Morgan fingerprint density at radius 1 is 0.423 bits per heavy atom. The zero-order chi connectivity index (χ0) is 39.5. The number of hydrogen-bond acceptors (Lipinski definition) is 7. The molecule has 0 aliphatic heterocycles. The molecule has 0 aromatic rings. The first-order valence-corrected chi connectivity index (χ1v) is 21.8. The van der Waals surface area contributed by atoms with Crippen molar-refractivity contribution in [1.82, 2.24) is 4.90 Å². The Morgan fingerprint density at radius 2 is 0.769 bits per heavy atom. The lowest BCUT2D eigenvalue weighted by Gasteiger charge is -2.28. The summed E-state index contributed by atoms with van der Waals surface area (Å²) in [5.74, 6) is 2.94. The molecule has 0 N–H and O–H groups in total. The molecule has 4 unspecified atom stereocenters. The molecule has 0 aliphatic rings. The Balaban J connectivity index is 4.50. The number of nitrogens with zero attached hydrogens (tertiary/aromatic N) is 1. The molecule has 4 atom stereocenters. The van der Waals surface area contributed by atoms with Gasteiger partial charge in [-0.25, -0.2) is 0 Å². The average Bonchev–Trinajstić information content (AvgIpc) is 3.02. The van der Waals surface area contributed by atoms with Gasteiger partial charge >= 0.3 is 17.9 Å². The fraction of sp³-hybridized carbons (Fsp3) is 0.933. The van der Waals surface area contributed by atoms with Gasteiger partial charge in [-0.2, -0.15) is 0 Å². The van der Waals surface area contributed by atoms with Crippen LogP contribution in [0.2, 0.25) is 0 Å². The van der Waals surface area contributed by atoms with Crippen molar-refractivity contribution in [3.63, 3.8) is 0 Å². The zero-order valence-corrected chi connectivity index (χ0v) is 36.4. The van der Waals surface area contributed by atoms with Gasteiger partial charge in [-0.1, -0.05) is 107 Å². The summed E-state index contributed by atoms with van der Waals surface area (Å²) in [7, 11) is 4.05. The van der Waals surface area contributed by atoms with Crippen molar-refractivity contribution in [2.45, 2.75) is 216 Å². The molecule has 52 heavy (non-hydrogen) atoms. The summed E-state index contributed by atoms with van der Waals surface area (Å²) in [4.78, 5) is 39.8. The van der Waals surface area contributed by atoms with E-state index in [-0.39, 0.29) is 36.2 Å². The first kappa shape index (κ1) is 50.4. The van der Waals surface area contributed by atoms with Crippen molar-refractivity contribution in [2.24, 2.45) is 35.5 Å². The summed E-state index contributed by atoms with van der Waals surface area (Å²) in [5, 5.41) is 0. The molecular formula is C45H87NO6. The van der Waals surface area contributed by atoms with Crippen LogP contribution in [0.5, 0.6) is 0 Å². The van der Waals surface area contributed by atoms with Gasteiger partial charge in [-0.3, -0.25) is 14.4 Å². The number of esters is 3. The first-order chi connectivity index (χ1) is 24.5. The van der Waals surface area contributed by atoms with Crippen LogP contribution in [0.4, 0.5) is 0 Å². The number of carbonyl (C=O) groups is 3. The van der Waals surface area contributed by atoms with Gasteiger partial charge in [0.25, 0.3) is 0 Å². The van der Waals surface area contributed by atoms with Gasteiger partial charge in [-0.15, -0.1) is 0 Å². The summed E-state index contributed by atoms with van der Waals surface area (Å²) in [6, 6.07) is 0.